The monoisotopic (exact) mass is 233 g/mol. The minimum atomic E-state index is -2.10. The van der Waals surface area contributed by atoms with E-state index in [1.165, 1.54) is 7.11 Å². The topological polar surface area (TPSA) is 46.5 Å². The number of hydrogen-bond donors (Lipinski definition) is 1. The average Bonchev–Trinajstić information content (AvgIpc) is 2.14. The molecule has 1 unspecified atom stereocenters. The van der Waals surface area contributed by atoms with Gasteiger partial charge in [0.1, 0.15) is 5.75 Å². The quantitative estimate of drug-likeness (QED) is 0.814. The van der Waals surface area contributed by atoms with Crippen LogP contribution in [-0.4, -0.2) is 18.2 Å². The molecule has 1 N–H and O–H groups in total. The Morgan fingerprint density at radius 1 is 1.57 bits per heavy atom. The summed E-state index contributed by atoms with van der Waals surface area (Å²) < 4.78 is 15.6. The third kappa shape index (κ3) is 2.95. The van der Waals surface area contributed by atoms with Crippen LogP contribution in [-0.2, 0) is 11.0 Å². The zero-order chi connectivity index (χ0) is 10.6. The summed E-state index contributed by atoms with van der Waals surface area (Å²) in [5.74, 6) is 0.589. The maximum absolute atomic E-state index is 10.5. The molecular weight excluding hydrogens is 223 g/mol. The third-order valence-corrected chi connectivity index (χ3v) is 2.73. The van der Waals surface area contributed by atoms with Crippen molar-refractivity contribution in [3.8, 4) is 5.75 Å². The van der Waals surface area contributed by atoms with E-state index in [9.17, 15) is 4.57 Å². The van der Waals surface area contributed by atoms with Gasteiger partial charge in [0.2, 0.25) is 0 Å². The third-order valence-electron chi connectivity index (χ3n) is 1.83. The van der Waals surface area contributed by atoms with Crippen molar-refractivity contribution in [2.24, 2.45) is 0 Å². The molecule has 0 aromatic heterocycles. The Labute approximate surface area is 88.5 Å². The lowest BCUT2D eigenvalue weighted by atomic mass is 10.1. The van der Waals surface area contributed by atoms with Crippen LogP contribution in [0.15, 0.2) is 18.2 Å². The van der Waals surface area contributed by atoms with Gasteiger partial charge in [-0.05, 0) is 16.2 Å². The molecule has 76 valence electrons. The molecule has 0 spiro atoms. The Kier molecular flexibility index (Phi) is 4.33. The van der Waals surface area contributed by atoms with Crippen LogP contribution >= 0.6 is 19.6 Å². The van der Waals surface area contributed by atoms with Crippen LogP contribution in [0.2, 0.25) is 5.02 Å². The molecule has 1 aromatic rings. The van der Waals surface area contributed by atoms with Crippen LogP contribution in [0.5, 0.6) is 5.75 Å². The van der Waals surface area contributed by atoms with Gasteiger partial charge in [-0.25, -0.2) is 0 Å². The second-order valence-corrected chi connectivity index (χ2v) is 4.32. The van der Waals surface area contributed by atoms with Gasteiger partial charge in [0.15, 0.2) is 6.16 Å². The Hall–Kier alpha value is -0.630. The van der Waals surface area contributed by atoms with E-state index in [1.807, 2.05) is 6.07 Å². The van der Waals surface area contributed by atoms with Gasteiger partial charge in [-0.15, -0.1) is 0 Å². The predicted molar refractivity (Wildman–Crippen MR) is 56.4 cm³/mol. The summed E-state index contributed by atoms with van der Waals surface area (Å²) in [6, 6.07) is 5.36. The van der Waals surface area contributed by atoms with E-state index in [4.69, 9.17) is 21.2 Å². The molecule has 0 aliphatic rings. The molecule has 0 bridgehead atoms. The number of hydrogen-bond acceptors (Lipinski definition) is 2. The number of halogens is 1. The molecule has 0 aliphatic heterocycles. The number of benzene rings is 1. The van der Waals surface area contributed by atoms with E-state index in [2.05, 4.69) is 0 Å². The SMILES string of the molecule is COc1c(Cl)cccc1CC[P+](=O)O. The van der Waals surface area contributed by atoms with E-state index < -0.39 is 8.03 Å². The molecule has 0 saturated heterocycles. The first-order valence-corrected chi connectivity index (χ1v) is 5.87. The maximum Gasteiger partial charge on any atom is 0.505 e. The lowest BCUT2D eigenvalue weighted by Gasteiger charge is -2.07. The molecule has 0 amide bonds. The molecule has 0 radical (unpaired) electrons. The molecule has 14 heavy (non-hydrogen) atoms. The van der Waals surface area contributed by atoms with Gasteiger partial charge in [0, 0.05) is 6.42 Å². The van der Waals surface area contributed by atoms with Crippen molar-refractivity contribution in [3.63, 3.8) is 0 Å². The Morgan fingerprint density at radius 3 is 2.86 bits per heavy atom. The molecule has 1 rings (SSSR count). The molecule has 0 aliphatic carbocycles. The minimum absolute atomic E-state index is 0.228. The van der Waals surface area contributed by atoms with Crippen LogP contribution in [0.3, 0.4) is 0 Å². The van der Waals surface area contributed by atoms with Crippen molar-refractivity contribution in [3.05, 3.63) is 28.8 Å². The Morgan fingerprint density at radius 2 is 2.29 bits per heavy atom. The first-order chi connectivity index (χ1) is 6.65. The van der Waals surface area contributed by atoms with Gasteiger partial charge in [0.05, 0.1) is 12.1 Å². The van der Waals surface area contributed by atoms with Crippen LogP contribution < -0.4 is 4.74 Å². The van der Waals surface area contributed by atoms with Gasteiger partial charge in [-0.2, -0.15) is 4.89 Å². The highest BCUT2D eigenvalue weighted by Crippen LogP contribution is 2.30. The first-order valence-electron chi connectivity index (χ1n) is 4.10. The molecule has 0 heterocycles. The average molecular weight is 234 g/mol. The molecule has 1 atom stereocenters. The lowest BCUT2D eigenvalue weighted by Crippen LogP contribution is -1.94. The van der Waals surface area contributed by atoms with Gasteiger partial charge < -0.3 is 4.74 Å². The predicted octanol–water partition coefficient (Wildman–Crippen LogP) is 2.63. The second-order valence-electron chi connectivity index (χ2n) is 2.76. The van der Waals surface area contributed by atoms with Crippen molar-refractivity contribution < 1.29 is 14.2 Å². The van der Waals surface area contributed by atoms with Crippen molar-refractivity contribution in [1.82, 2.24) is 0 Å². The fraction of sp³-hybridized carbons (Fsp3) is 0.333. The molecule has 3 nitrogen and oxygen atoms in total. The Bertz CT molecular complexity index is 341. The number of para-hydroxylation sites is 1. The van der Waals surface area contributed by atoms with Gasteiger partial charge in [-0.1, -0.05) is 23.7 Å². The summed E-state index contributed by atoms with van der Waals surface area (Å²) in [7, 11) is -0.568. The minimum Gasteiger partial charge on any atom is -0.495 e. The van der Waals surface area contributed by atoms with Crippen molar-refractivity contribution >= 4 is 19.6 Å². The molecular formula is C9H11ClO3P+. The number of ether oxygens (including phenoxy) is 1. The lowest BCUT2D eigenvalue weighted by molar-refractivity contribution is 0.410. The van der Waals surface area contributed by atoms with E-state index in [-0.39, 0.29) is 6.16 Å². The van der Waals surface area contributed by atoms with Crippen LogP contribution in [0.25, 0.3) is 0 Å². The second kappa shape index (κ2) is 5.30. The fourth-order valence-corrected chi connectivity index (χ4v) is 1.90. The smallest absolute Gasteiger partial charge is 0.495 e. The van der Waals surface area contributed by atoms with E-state index >= 15 is 0 Å². The van der Waals surface area contributed by atoms with Crippen molar-refractivity contribution in [2.45, 2.75) is 6.42 Å². The summed E-state index contributed by atoms with van der Waals surface area (Å²) in [6.45, 7) is 0. The molecule has 1 aromatic carbocycles. The molecule has 0 saturated carbocycles. The summed E-state index contributed by atoms with van der Waals surface area (Å²) in [5.41, 5.74) is 0.859. The highest BCUT2D eigenvalue weighted by molar-refractivity contribution is 7.37. The Balaban J connectivity index is 2.85. The van der Waals surface area contributed by atoms with Crippen LogP contribution in [0.1, 0.15) is 5.56 Å². The fourth-order valence-electron chi connectivity index (χ4n) is 1.20. The van der Waals surface area contributed by atoms with Gasteiger partial charge in [-0.3, -0.25) is 0 Å². The standard InChI is InChI=1S/C9H10ClO3P/c1-13-9-7(5-6-14(11)12)3-2-4-8(9)10/h2-4H,5-6H2,1H3/p+1. The first kappa shape index (κ1) is 11.4. The number of aryl methyl sites for hydroxylation is 1. The van der Waals surface area contributed by atoms with E-state index in [1.54, 1.807) is 12.1 Å². The van der Waals surface area contributed by atoms with Gasteiger partial charge in [0.25, 0.3) is 0 Å². The van der Waals surface area contributed by atoms with Crippen molar-refractivity contribution in [2.75, 3.05) is 13.3 Å². The summed E-state index contributed by atoms with van der Waals surface area (Å²) in [6.07, 6.45) is 0.724. The number of methoxy groups -OCH3 is 1. The highest BCUT2D eigenvalue weighted by atomic mass is 35.5. The summed E-state index contributed by atoms with van der Waals surface area (Å²) >= 11 is 5.88. The molecule has 0 fully saturated rings. The van der Waals surface area contributed by atoms with E-state index in [0.29, 0.717) is 17.2 Å². The van der Waals surface area contributed by atoms with E-state index in [0.717, 1.165) is 5.56 Å². The summed E-state index contributed by atoms with van der Waals surface area (Å²) in [5, 5.41) is 0.526. The zero-order valence-electron chi connectivity index (χ0n) is 7.74. The van der Waals surface area contributed by atoms with Crippen LogP contribution in [0, 0.1) is 0 Å². The largest absolute Gasteiger partial charge is 0.505 e. The highest BCUT2D eigenvalue weighted by Gasteiger charge is 2.14. The normalized spacial score (nSPS) is 11.2. The summed E-state index contributed by atoms with van der Waals surface area (Å²) in [4.78, 5) is 8.68. The van der Waals surface area contributed by atoms with Crippen molar-refractivity contribution in [1.29, 1.82) is 0 Å². The van der Waals surface area contributed by atoms with Gasteiger partial charge >= 0.3 is 8.03 Å². The number of rotatable bonds is 4. The zero-order valence-corrected chi connectivity index (χ0v) is 9.39. The van der Waals surface area contributed by atoms with Crippen LogP contribution in [0.4, 0.5) is 0 Å². The maximum atomic E-state index is 10.5. The molecule has 5 heteroatoms.